The highest BCUT2D eigenvalue weighted by Crippen LogP contribution is 2.35. The van der Waals surface area contributed by atoms with Crippen LogP contribution in [0.5, 0.6) is 0 Å². The molecule has 0 aliphatic carbocycles. The molecule has 1 atom stereocenters. The highest BCUT2D eigenvalue weighted by atomic mass is 16.3. The van der Waals surface area contributed by atoms with Crippen LogP contribution in [0.1, 0.15) is 24.1 Å². The molecule has 0 fully saturated rings. The Balaban J connectivity index is 2.00. The first-order chi connectivity index (χ1) is 9.72. The van der Waals surface area contributed by atoms with Gasteiger partial charge in [0.25, 0.3) is 0 Å². The van der Waals surface area contributed by atoms with E-state index in [4.69, 9.17) is 4.42 Å². The third kappa shape index (κ3) is 1.61. The quantitative estimate of drug-likeness (QED) is 0.607. The van der Waals surface area contributed by atoms with E-state index >= 15 is 0 Å². The van der Waals surface area contributed by atoms with E-state index in [9.17, 15) is 0 Å². The van der Waals surface area contributed by atoms with Gasteiger partial charge in [0.1, 0.15) is 11.2 Å². The number of rotatable bonds is 1. The lowest BCUT2D eigenvalue weighted by Crippen LogP contribution is -1.93. The predicted molar refractivity (Wildman–Crippen MR) is 83.4 cm³/mol. The lowest BCUT2D eigenvalue weighted by atomic mass is 9.98. The van der Waals surface area contributed by atoms with Gasteiger partial charge < -0.3 is 4.42 Å². The zero-order chi connectivity index (χ0) is 13.7. The number of nitrogens with zero attached hydrogens (tertiary/aromatic N) is 1. The van der Waals surface area contributed by atoms with Crippen LogP contribution in [0.15, 0.2) is 57.5 Å². The number of hydrogen-bond donors (Lipinski definition) is 0. The standard InChI is InChI=1S/C18H15NO/c1-11-7-16(19-10-11)14-9-15-13-5-3-4-6-17(13)20-18(15)8-12(14)2/h3-10,16H,1-2H3. The fourth-order valence-corrected chi connectivity index (χ4v) is 2.91. The molecule has 98 valence electrons. The van der Waals surface area contributed by atoms with Gasteiger partial charge in [-0.3, -0.25) is 4.99 Å². The maximum atomic E-state index is 5.92. The summed E-state index contributed by atoms with van der Waals surface area (Å²) in [4.78, 5) is 4.57. The smallest absolute Gasteiger partial charge is 0.135 e. The Labute approximate surface area is 117 Å². The average molecular weight is 261 g/mol. The third-order valence-corrected chi connectivity index (χ3v) is 3.94. The molecule has 1 aliphatic heterocycles. The Bertz CT molecular complexity index is 883. The minimum atomic E-state index is 0.146. The highest BCUT2D eigenvalue weighted by molar-refractivity contribution is 6.05. The van der Waals surface area contributed by atoms with E-state index in [-0.39, 0.29) is 6.04 Å². The number of para-hydroxylation sites is 1. The lowest BCUT2D eigenvalue weighted by Gasteiger charge is -2.09. The Hall–Kier alpha value is -2.35. The summed E-state index contributed by atoms with van der Waals surface area (Å²) in [6.07, 6.45) is 4.15. The second kappa shape index (κ2) is 4.07. The maximum Gasteiger partial charge on any atom is 0.135 e. The number of aliphatic imine (C=N–C) groups is 1. The van der Waals surface area contributed by atoms with Gasteiger partial charge in [0.15, 0.2) is 0 Å². The number of hydrogen-bond acceptors (Lipinski definition) is 2. The third-order valence-electron chi connectivity index (χ3n) is 3.94. The van der Waals surface area contributed by atoms with Crippen LogP contribution in [0.25, 0.3) is 21.9 Å². The number of benzene rings is 2. The summed E-state index contributed by atoms with van der Waals surface area (Å²) < 4.78 is 5.92. The molecule has 0 amide bonds. The normalized spacial score (nSPS) is 18.1. The van der Waals surface area contributed by atoms with Crippen LogP contribution in [0.3, 0.4) is 0 Å². The van der Waals surface area contributed by atoms with Crippen molar-refractivity contribution in [1.29, 1.82) is 0 Å². The summed E-state index contributed by atoms with van der Waals surface area (Å²) in [5.74, 6) is 0. The first-order valence-corrected chi connectivity index (χ1v) is 6.86. The van der Waals surface area contributed by atoms with Crippen LogP contribution in [0.4, 0.5) is 0 Å². The van der Waals surface area contributed by atoms with Crippen molar-refractivity contribution in [3.05, 3.63) is 59.2 Å². The zero-order valence-corrected chi connectivity index (χ0v) is 11.6. The first-order valence-electron chi connectivity index (χ1n) is 6.86. The van der Waals surface area contributed by atoms with Crippen LogP contribution >= 0.6 is 0 Å². The van der Waals surface area contributed by atoms with Crippen LogP contribution in [-0.2, 0) is 0 Å². The molecule has 3 aromatic rings. The molecule has 0 saturated heterocycles. The molecule has 0 radical (unpaired) electrons. The highest BCUT2D eigenvalue weighted by Gasteiger charge is 2.16. The van der Waals surface area contributed by atoms with Crippen LogP contribution in [0, 0.1) is 6.92 Å². The van der Waals surface area contributed by atoms with Gasteiger partial charge in [-0.25, -0.2) is 0 Å². The zero-order valence-electron chi connectivity index (χ0n) is 11.6. The van der Waals surface area contributed by atoms with E-state index in [2.05, 4.69) is 49.2 Å². The van der Waals surface area contributed by atoms with Crippen molar-refractivity contribution >= 4 is 28.2 Å². The van der Waals surface area contributed by atoms with Crippen molar-refractivity contribution in [1.82, 2.24) is 0 Å². The largest absolute Gasteiger partial charge is 0.456 e. The lowest BCUT2D eigenvalue weighted by molar-refractivity contribution is 0.668. The van der Waals surface area contributed by atoms with Gasteiger partial charge >= 0.3 is 0 Å². The van der Waals surface area contributed by atoms with Gasteiger partial charge in [0.2, 0.25) is 0 Å². The summed E-state index contributed by atoms with van der Waals surface area (Å²) in [5, 5.41) is 2.35. The van der Waals surface area contributed by atoms with Crippen molar-refractivity contribution in [2.75, 3.05) is 0 Å². The van der Waals surface area contributed by atoms with Crippen LogP contribution < -0.4 is 0 Å². The molecule has 1 unspecified atom stereocenters. The molecule has 2 heterocycles. The summed E-state index contributed by atoms with van der Waals surface area (Å²) >= 11 is 0. The van der Waals surface area contributed by atoms with Gasteiger partial charge in [-0.2, -0.15) is 0 Å². The maximum absolute atomic E-state index is 5.92. The number of aryl methyl sites for hydroxylation is 1. The fraction of sp³-hybridized carbons (Fsp3) is 0.167. The van der Waals surface area contributed by atoms with Gasteiger partial charge in [0.05, 0.1) is 6.04 Å². The van der Waals surface area contributed by atoms with E-state index in [1.165, 1.54) is 27.5 Å². The molecular weight excluding hydrogens is 246 g/mol. The molecule has 0 bridgehead atoms. The monoisotopic (exact) mass is 261 g/mol. The summed E-state index contributed by atoms with van der Waals surface area (Å²) in [6, 6.07) is 12.7. The second-order valence-electron chi connectivity index (χ2n) is 5.44. The van der Waals surface area contributed by atoms with E-state index in [1.807, 2.05) is 18.3 Å². The molecule has 2 aromatic carbocycles. The molecule has 0 N–H and O–H groups in total. The van der Waals surface area contributed by atoms with Crippen molar-refractivity contribution in [3.8, 4) is 0 Å². The molecule has 0 spiro atoms. The Morgan fingerprint density at radius 1 is 1.00 bits per heavy atom. The summed E-state index contributed by atoms with van der Waals surface area (Å²) in [6.45, 7) is 4.21. The van der Waals surface area contributed by atoms with Crippen molar-refractivity contribution in [3.63, 3.8) is 0 Å². The number of furan rings is 1. The first kappa shape index (κ1) is 11.5. The Morgan fingerprint density at radius 3 is 2.65 bits per heavy atom. The molecule has 1 aromatic heterocycles. The molecule has 1 aliphatic rings. The van der Waals surface area contributed by atoms with Crippen LogP contribution in [0.2, 0.25) is 0 Å². The van der Waals surface area contributed by atoms with Gasteiger partial charge in [0, 0.05) is 17.0 Å². The van der Waals surface area contributed by atoms with Gasteiger partial charge in [-0.15, -0.1) is 0 Å². The minimum absolute atomic E-state index is 0.146. The molecular formula is C18H15NO. The predicted octanol–water partition coefficient (Wildman–Crippen LogP) is 4.97. The van der Waals surface area contributed by atoms with Crippen molar-refractivity contribution < 1.29 is 4.42 Å². The average Bonchev–Trinajstić information content (AvgIpc) is 3.01. The van der Waals surface area contributed by atoms with Crippen LogP contribution in [-0.4, -0.2) is 6.21 Å². The van der Waals surface area contributed by atoms with E-state index < -0.39 is 0 Å². The van der Waals surface area contributed by atoms with Gasteiger partial charge in [-0.05, 0) is 48.7 Å². The molecule has 2 heteroatoms. The second-order valence-corrected chi connectivity index (χ2v) is 5.44. The summed E-state index contributed by atoms with van der Waals surface area (Å²) in [7, 11) is 0. The SMILES string of the molecule is CC1=CC(c2cc3c(cc2C)oc2ccccc23)N=C1. The van der Waals surface area contributed by atoms with Gasteiger partial charge in [-0.1, -0.05) is 24.3 Å². The topological polar surface area (TPSA) is 25.5 Å². The Kier molecular flexibility index (Phi) is 2.34. The van der Waals surface area contributed by atoms with E-state index in [0.29, 0.717) is 0 Å². The van der Waals surface area contributed by atoms with E-state index in [1.54, 1.807) is 0 Å². The number of allylic oxidation sites excluding steroid dienone is 1. The van der Waals surface area contributed by atoms with Crippen molar-refractivity contribution in [2.24, 2.45) is 4.99 Å². The minimum Gasteiger partial charge on any atom is -0.456 e. The summed E-state index contributed by atoms with van der Waals surface area (Å²) in [5.41, 5.74) is 5.61. The molecule has 20 heavy (non-hydrogen) atoms. The van der Waals surface area contributed by atoms with E-state index in [0.717, 1.165) is 11.2 Å². The Morgan fingerprint density at radius 2 is 1.85 bits per heavy atom. The van der Waals surface area contributed by atoms with Crippen molar-refractivity contribution in [2.45, 2.75) is 19.9 Å². The molecule has 2 nitrogen and oxygen atoms in total. The molecule has 4 rings (SSSR count). The number of fused-ring (bicyclic) bond motifs is 3. The fourth-order valence-electron chi connectivity index (χ4n) is 2.91. The molecule has 0 saturated carbocycles.